The molecule has 4 rings (SSSR count). The fourth-order valence-corrected chi connectivity index (χ4v) is 5.24. The van der Waals surface area contributed by atoms with Crippen molar-refractivity contribution in [2.45, 2.75) is 68.7 Å². The summed E-state index contributed by atoms with van der Waals surface area (Å²) in [6, 6.07) is 21.1. The van der Waals surface area contributed by atoms with E-state index >= 15 is 0 Å². The number of pyridine rings is 1. The van der Waals surface area contributed by atoms with Gasteiger partial charge < -0.3 is 25.0 Å². The summed E-state index contributed by atoms with van der Waals surface area (Å²) < 4.78 is 12.8. The molecule has 0 aliphatic carbocycles. The Morgan fingerprint density at radius 1 is 0.949 bits per heavy atom. The SMILES string of the molecule is O=C(O)CCCCCC(=O)Nc1cccc(C2OC(CSc3ccccn3)CC(c3ccc(CO)cc3)O2)c1. The Bertz CT molecular complexity index is 1210. The maximum atomic E-state index is 12.4. The number of rotatable bonds is 13. The predicted molar refractivity (Wildman–Crippen MR) is 149 cm³/mol. The molecule has 0 spiro atoms. The lowest BCUT2D eigenvalue weighted by Gasteiger charge is -2.36. The van der Waals surface area contributed by atoms with Crippen LogP contribution in [0.15, 0.2) is 78.0 Å². The van der Waals surface area contributed by atoms with Gasteiger partial charge in [0.1, 0.15) is 0 Å². The minimum absolute atomic E-state index is 0.0122. The summed E-state index contributed by atoms with van der Waals surface area (Å²) in [5, 5.41) is 22.0. The van der Waals surface area contributed by atoms with Crippen molar-refractivity contribution in [3.05, 3.63) is 89.6 Å². The van der Waals surface area contributed by atoms with Gasteiger partial charge in [-0.15, -0.1) is 11.8 Å². The molecule has 8 nitrogen and oxygen atoms in total. The summed E-state index contributed by atoms with van der Waals surface area (Å²) in [7, 11) is 0. The molecule has 3 aromatic rings. The third-order valence-electron chi connectivity index (χ3n) is 6.41. The number of aliphatic hydroxyl groups excluding tert-OH is 1. The molecule has 1 fully saturated rings. The second kappa shape index (κ2) is 14.8. The van der Waals surface area contributed by atoms with Crippen molar-refractivity contribution in [3.8, 4) is 0 Å². The zero-order valence-corrected chi connectivity index (χ0v) is 22.5. The number of carbonyl (C=O) groups is 2. The molecular weight excluding hydrogens is 516 g/mol. The average Bonchev–Trinajstić information content (AvgIpc) is 2.96. The molecule has 1 saturated heterocycles. The standard InChI is InChI=1S/C30H34N2O6S/c33-19-21-12-14-22(15-13-21)26-18-25(20-39-28-10-4-5-16-31-28)37-30(38-26)23-7-6-8-24(17-23)32-27(34)9-2-1-3-11-29(35)36/h4-8,10,12-17,25-26,30,33H,1-3,9,11,18-20H2,(H,32,34)(H,35,36). The Balaban J connectivity index is 1.42. The first-order valence-corrected chi connectivity index (χ1v) is 14.1. The highest BCUT2D eigenvalue weighted by Crippen LogP contribution is 2.39. The van der Waals surface area contributed by atoms with Crippen molar-refractivity contribution >= 4 is 29.3 Å². The number of hydrogen-bond acceptors (Lipinski definition) is 7. The largest absolute Gasteiger partial charge is 0.481 e. The highest BCUT2D eigenvalue weighted by Gasteiger charge is 2.32. The number of nitrogens with one attached hydrogen (secondary N) is 1. The summed E-state index contributed by atoms with van der Waals surface area (Å²) in [6.45, 7) is -0.0122. The molecule has 0 bridgehead atoms. The van der Waals surface area contributed by atoms with Crippen LogP contribution in [0.3, 0.4) is 0 Å². The number of benzene rings is 2. The molecule has 3 atom stereocenters. The normalized spacial score (nSPS) is 18.9. The molecule has 1 aliphatic heterocycles. The number of aliphatic carboxylic acids is 1. The topological polar surface area (TPSA) is 118 Å². The van der Waals surface area contributed by atoms with Crippen molar-refractivity contribution in [1.29, 1.82) is 0 Å². The Kier molecular flexibility index (Phi) is 10.9. The minimum Gasteiger partial charge on any atom is -0.481 e. The molecule has 3 unspecified atom stereocenters. The van der Waals surface area contributed by atoms with Crippen LogP contribution in [0, 0.1) is 0 Å². The van der Waals surface area contributed by atoms with Crippen molar-refractivity contribution in [2.24, 2.45) is 0 Å². The van der Waals surface area contributed by atoms with Gasteiger partial charge in [-0.3, -0.25) is 9.59 Å². The number of thioether (sulfide) groups is 1. The average molecular weight is 551 g/mol. The van der Waals surface area contributed by atoms with E-state index in [2.05, 4.69) is 10.3 Å². The van der Waals surface area contributed by atoms with Crippen LogP contribution >= 0.6 is 11.8 Å². The van der Waals surface area contributed by atoms with E-state index in [1.54, 1.807) is 18.0 Å². The first-order valence-electron chi connectivity index (χ1n) is 13.2. The molecule has 1 amide bonds. The number of carboxylic acids is 1. The minimum atomic E-state index is -0.814. The van der Waals surface area contributed by atoms with Gasteiger partial charge in [0, 0.05) is 42.5 Å². The molecule has 1 aromatic heterocycles. The molecule has 206 valence electrons. The van der Waals surface area contributed by atoms with E-state index in [0.29, 0.717) is 43.5 Å². The van der Waals surface area contributed by atoms with Gasteiger partial charge in [0.2, 0.25) is 5.91 Å². The number of hydrogen-bond donors (Lipinski definition) is 3. The zero-order chi connectivity index (χ0) is 27.5. The van der Waals surface area contributed by atoms with E-state index < -0.39 is 12.3 Å². The summed E-state index contributed by atoms with van der Waals surface area (Å²) in [5.74, 6) is -0.217. The van der Waals surface area contributed by atoms with Gasteiger partial charge in [-0.25, -0.2) is 4.98 Å². The summed E-state index contributed by atoms with van der Waals surface area (Å²) >= 11 is 1.64. The van der Waals surface area contributed by atoms with E-state index in [1.165, 1.54) is 0 Å². The van der Waals surface area contributed by atoms with Gasteiger partial charge in [0.05, 0.1) is 23.8 Å². The highest BCUT2D eigenvalue weighted by molar-refractivity contribution is 7.99. The molecular formula is C30H34N2O6S. The molecule has 2 aromatic carbocycles. The number of carbonyl (C=O) groups excluding carboxylic acids is 1. The van der Waals surface area contributed by atoms with Gasteiger partial charge in [0.25, 0.3) is 0 Å². The van der Waals surface area contributed by atoms with Crippen LogP contribution < -0.4 is 5.32 Å². The highest BCUT2D eigenvalue weighted by atomic mass is 32.2. The maximum absolute atomic E-state index is 12.4. The van der Waals surface area contributed by atoms with Gasteiger partial charge in [-0.05, 0) is 48.2 Å². The number of carboxylic acid groups (broad SMARTS) is 1. The Hall–Kier alpha value is -3.24. The van der Waals surface area contributed by atoms with Gasteiger partial charge in [-0.1, -0.05) is 48.9 Å². The number of anilines is 1. The third kappa shape index (κ3) is 9.18. The molecule has 0 saturated carbocycles. The molecule has 9 heteroatoms. The lowest BCUT2D eigenvalue weighted by Crippen LogP contribution is -2.31. The number of unbranched alkanes of at least 4 members (excludes halogenated alkanes) is 2. The van der Waals surface area contributed by atoms with Crippen LogP contribution in [0.4, 0.5) is 5.69 Å². The van der Waals surface area contributed by atoms with Crippen LogP contribution in [-0.4, -0.2) is 38.9 Å². The Morgan fingerprint density at radius 2 is 1.77 bits per heavy atom. The first kappa shape index (κ1) is 28.8. The van der Waals surface area contributed by atoms with Crippen LogP contribution in [0.2, 0.25) is 0 Å². The van der Waals surface area contributed by atoms with Gasteiger partial charge in [0.15, 0.2) is 6.29 Å². The lowest BCUT2D eigenvalue weighted by molar-refractivity contribution is -0.245. The van der Waals surface area contributed by atoms with Gasteiger partial charge >= 0.3 is 5.97 Å². The van der Waals surface area contributed by atoms with Crippen molar-refractivity contribution < 1.29 is 29.3 Å². The summed E-state index contributed by atoms with van der Waals surface area (Å²) in [6.07, 6.45) is 3.89. The quantitative estimate of drug-likeness (QED) is 0.178. The molecule has 0 radical (unpaired) electrons. The van der Waals surface area contributed by atoms with Crippen LogP contribution in [-0.2, 0) is 25.7 Å². The third-order valence-corrected chi connectivity index (χ3v) is 7.48. The molecule has 39 heavy (non-hydrogen) atoms. The van der Waals surface area contributed by atoms with Crippen LogP contribution in [0.25, 0.3) is 0 Å². The number of aliphatic hydroxyl groups is 1. The number of aromatic nitrogens is 1. The van der Waals surface area contributed by atoms with Crippen LogP contribution in [0.1, 0.15) is 67.6 Å². The number of ether oxygens (including phenoxy) is 2. The van der Waals surface area contributed by atoms with E-state index in [1.807, 2.05) is 66.7 Å². The lowest BCUT2D eigenvalue weighted by atomic mass is 10.0. The molecule has 2 heterocycles. The Morgan fingerprint density at radius 3 is 2.51 bits per heavy atom. The summed E-state index contributed by atoms with van der Waals surface area (Å²) in [4.78, 5) is 27.5. The van der Waals surface area contributed by atoms with E-state index in [4.69, 9.17) is 14.6 Å². The van der Waals surface area contributed by atoms with Gasteiger partial charge in [-0.2, -0.15) is 0 Å². The van der Waals surface area contributed by atoms with Crippen molar-refractivity contribution in [1.82, 2.24) is 4.98 Å². The predicted octanol–water partition coefficient (Wildman–Crippen LogP) is 5.89. The number of nitrogens with zero attached hydrogens (tertiary/aromatic N) is 1. The Labute approximate surface area is 232 Å². The molecule has 1 aliphatic rings. The van der Waals surface area contributed by atoms with Crippen LogP contribution in [0.5, 0.6) is 0 Å². The zero-order valence-electron chi connectivity index (χ0n) is 21.7. The molecule has 3 N–H and O–H groups in total. The second-order valence-electron chi connectivity index (χ2n) is 9.46. The van der Waals surface area contributed by atoms with E-state index in [-0.39, 0.29) is 31.1 Å². The summed E-state index contributed by atoms with van der Waals surface area (Å²) in [5.41, 5.74) is 3.32. The van der Waals surface area contributed by atoms with Crippen molar-refractivity contribution in [2.75, 3.05) is 11.1 Å². The maximum Gasteiger partial charge on any atom is 0.303 e. The van der Waals surface area contributed by atoms with Crippen molar-refractivity contribution in [3.63, 3.8) is 0 Å². The monoisotopic (exact) mass is 550 g/mol. The second-order valence-corrected chi connectivity index (χ2v) is 10.5. The fourth-order valence-electron chi connectivity index (χ4n) is 4.36. The van der Waals surface area contributed by atoms with E-state index in [0.717, 1.165) is 21.7 Å². The fraction of sp³-hybridized carbons (Fsp3) is 0.367. The number of amides is 1. The van der Waals surface area contributed by atoms with E-state index in [9.17, 15) is 14.7 Å². The first-order chi connectivity index (χ1) is 19.0. The smallest absolute Gasteiger partial charge is 0.303 e.